The average Bonchev–Trinajstić information content (AvgIpc) is 2.15. The van der Waals surface area contributed by atoms with Crippen molar-refractivity contribution < 1.29 is 17.9 Å². The summed E-state index contributed by atoms with van der Waals surface area (Å²) in [5.41, 5.74) is 1.53. The second kappa shape index (κ2) is 3.97. The number of alkyl halides is 3. The maximum absolute atomic E-state index is 12.1. The van der Waals surface area contributed by atoms with Crippen LogP contribution >= 0.6 is 0 Å². The fraction of sp³-hybridized carbons (Fsp3) is 0.455. The van der Waals surface area contributed by atoms with Crippen molar-refractivity contribution in [1.29, 1.82) is 0 Å². The third-order valence-electron chi connectivity index (χ3n) is 2.61. The predicted octanol–water partition coefficient (Wildman–Crippen LogP) is 2.62. The van der Waals surface area contributed by atoms with E-state index in [9.17, 15) is 13.2 Å². The zero-order valence-electron chi connectivity index (χ0n) is 8.77. The summed E-state index contributed by atoms with van der Waals surface area (Å²) in [4.78, 5) is 0. The van der Waals surface area contributed by atoms with Gasteiger partial charge in [-0.15, -0.1) is 13.2 Å². The highest BCUT2D eigenvalue weighted by Gasteiger charge is 2.33. The molecular weight excluding hydrogens is 219 g/mol. The maximum Gasteiger partial charge on any atom is 0.573 e. The lowest BCUT2D eigenvalue weighted by Gasteiger charge is -2.25. The van der Waals surface area contributed by atoms with Gasteiger partial charge in [0.15, 0.2) is 0 Å². The molecule has 1 unspecified atom stereocenters. The molecule has 88 valence electrons. The highest BCUT2D eigenvalue weighted by atomic mass is 19.4. The van der Waals surface area contributed by atoms with Gasteiger partial charge in [0, 0.05) is 18.2 Å². The third kappa shape index (κ3) is 2.47. The molecule has 1 atom stereocenters. The summed E-state index contributed by atoms with van der Waals surface area (Å²) in [7, 11) is 0. The fourth-order valence-electron chi connectivity index (χ4n) is 1.90. The van der Waals surface area contributed by atoms with Crippen LogP contribution in [0, 0.1) is 0 Å². The first-order chi connectivity index (χ1) is 7.46. The lowest BCUT2D eigenvalue weighted by molar-refractivity contribution is -0.274. The molecule has 0 saturated carbocycles. The van der Waals surface area contributed by atoms with E-state index in [4.69, 9.17) is 0 Å². The summed E-state index contributed by atoms with van der Waals surface area (Å²) >= 11 is 0. The van der Waals surface area contributed by atoms with E-state index in [0.29, 0.717) is 12.1 Å². The number of fused-ring (bicyclic) bond motifs is 1. The van der Waals surface area contributed by atoms with Crippen molar-refractivity contribution in [1.82, 2.24) is 5.32 Å². The standard InChI is InChI=1S/C11H12F3NO/c1-7-5-8-3-2-4-10(9(8)6-15-7)16-11(12,13)14/h2-4,7,15H,5-6H2,1H3. The number of benzene rings is 1. The first-order valence-corrected chi connectivity index (χ1v) is 5.05. The molecule has 0 bridgehead atoms. The van der Waals surface area contributed by atoms with E-state index in [-0.39, 0.29) is 11.8 Å². The number of ether oxygens (including phenoxy) is 1. The van der Waals surface area contributed by atoms with E-state index >= 15 is 0 Å². The normalized spacial score (nSPS) is 20.4. The molecule has 0 aliphatic carbocycles. The Morgan fingerprint density at radius 3 is 2.81 bits per heavy atom. The van der Waals surface area contributed by atoms with Crippen LogP contribution in [0.25, 0.3) is 0 Å². The van der Waals surface area contributed by atoms with Crippen LogP contribution in [0.4, 0.5) is 13.2 Å². The summed E-state index contributed by atoms with van der Waals surface area (Å²) in [6.45, 7) is 2.42. The largest absolute Gasteiger partial charge is 0.573 e. The topological polar surface area (TPSA) is 21.3 Å². The molecule has 0 spiro atoms. The number of hydrogen-bond acceptors (Lipinski definition) is 2. The number of nitrogens with one attached hydrogen (secondary N) is 1. The molecule has 1 heterocycles. The molecule has 1 aliphatic heterocycles. The number of rotatable bonds is 1. The van der Waals surface area contributed by atoms with Crippen LogP contribution in [-0.4, -0.2) is 12.4 Å². The minimum atomic E-state index is -4.63. The van der Waals surface area contributed by atoms with Crippen molar-refractivity contribution in [3.8, 4) is 5.75 Å². The van der Waals surface area contributed by atoms with Gasteiger partial charge in [-0.3, -0.25) is 0 Å². The minimum Gasteiger partial charge on any atom is -0.405 e. The monoisotopic (exact) mass is 231 g/mol. The molecule has 0 aromatic heterocycles. The van der Waals surface area contributed by atoms with Gasteiger partial charge in [0.05, 0.1) is 0 Å². The maximum atomic E-state index is 12.1. The van der Waals surface area contributed by atoms with Crippen LogP contribution in [0.1, 0.15) is 18.1 Å². The highest BCUT2D eigenvalue weighted by Crippen LogP contribution is 2.30. The van der Waals surface area contributed by atoms with Gasteiger partial charge in [0.1, 0.15) is 5.75 Å². The Balaban J connectivity index is 2.30. The Bertz CT molecular complexity index is 389. The zero-order valence-corrected chi connectivity index (χ0v) is 8.77. The van der Waals surface area contributed by atoms with Crippen molar-refractivity contribution in [2.75, 3.05) is 0 Å². The quantitative estimate of drug-likeness (QED) is 0.802. The van der Waals surface area contributed by atoms with E-state index in [2.05, 4.69) is 10.1 Å². The molecule has 1 N–H and O–H groups in total. The van der Waals surface area contributed by atoms with Crippen LogP contribution < -0.4 is 10.1 Å². The molecule has 0 radical (unpaired) electrons. The first-order valence-electron chi connectivity index (χ1n) is 5.05. The second-order valence-electron chi connectivity index (χ2n) is 3.93. The third-order valence-corrected chi connectivity index (χ3v) is 2.61. The summed E-state index contributed by atoms with van der Waals surface area (Å²) in [5.74, 6) is -0.0931. The molecule has 1 aliphatic rings. The lowest BCUT2D eigenvalue weighted by atomic mass is 9.96. The number of hydrogen-bond donors (Lipinski definition) is 1. The van der Waals surface area contributed by atoms with E-state index < -0.39 is 6.36 Å². The van der Waals surface area contributed by atoms with E-state index in [1.165, 1.54) is 6.07 Å². The molecule has 5 heteroatoms. The predicted molar refractivity (Wildman–Crippen MR) is 53.1 cm³/mol. The van der Waals surface area contributed by atoms with Crippen molar-refractivity contribution in [3.63, 3.8) is 0 Å². The second-order valence-corrected chi connectivity index (χ2v) is 3.93. The minimum absolute atomic E-state index is 0.0931. The Morgan fingerprint density at radius 2 is 2.12 bits per heavy atom. The summed E-state index contributed by atoms with van der Waals surface area (Å²) in [5, 5.41) is 3.12. The molecule has 2 rings (SSSR count). The molecule has 0 fully saturated rings. The highest BCUT2D eigenvalue weighted by molar-refractivity contribution is 5.42. The van der Waals surface area contributed by atoms with E-state index in [1.807, 2.05) is 13.0 Å². The van der Waals surface area contributed by atoms with E-state index in [0.717, 1.165) is 12.0 Å². The smallest absolute Gasteiger partial charge is 0.405 e. The average molecular weight is 231 g/mol. The summed E-state index contributed by atoms with van der Waals surface area (Å²) in [6, 6.07) is 5.08. The molecule has 1 aromatic carbocycles. The summed E-state index contributed by atoms with van der Waals surface area (Å²) < 4.78 is 40.4. The van der Waals surface area contributed by atoms with Gasteiger partial charge in [-0.25, -0.2) is 0 Å². The Labute approximate surface area is 91.4 Å². The molecule has 1 aromatic rings. The molecule has 2 nitrogen and oxygen atoms in total. The van der Waals surface area contributed by atoms with Crippen LogP contribution in [0.2, 0.25) is 0 Å². The van der Waals surface area contributed by atoms with Crippen LogP contribution in [-0.2, 0) is 13.0 Å². The van der Waals surface area contributed by atoms with Gasteiger partial charge in [0.2, 0.25) is 0 Å². The van der Waals surface area contributed by atoms with Gasteiger partial charge in [-0.2, -0.15) is 0 Å². The fourth-order valence-corrected chi connectivity index (χ4v) is 1.90. The van der Waals surface area contributed by atoms with Crippen molar-refractivity contribution in [2.24, 2.45) is 0 Å². The van der Waals surface area contributed by atoms with Crippen molar-refractivity contribution in [3.05, 3.63) is 29.3 Å². The van der Waals surface area contributed by atoms with E-state index in [1.54, 1.807) is 6.07 Å². The van der Waals surface area contributed by atoms with Crippen LogP contribution in [0.15, 0.2) is 18.2 Å². The van der Waals surface area contributed by atoms with Gasteiger partial charge >= 0.3 is 6.36 Å². The van der Waals surface area contributed by atoms with Crippen molar-refractivity contribution >= 4 is 0 Å². The van der Waals surface area contributed by atoms with Crippen LogP contribution in [0.3, 0.4) is 0 Å². The first kappa shape index (κ1) is 11.3. The van der Waals surface area contributed by atoms with Gasteiger partial charge in [-0.1, -0.05) is 12.1 Å². The lowest BCUT2D eigenvalue weighted by Crippen LogP contribution is -2.33. The number of halogens is 3. The Kier molecular flexibility index (Phi) is 2.80. The molecule has 0 saturated heterocycles. The Hall–Kier alpha value is -1.23. The summed E-state index contributed by atoms with van der Waals surface area (Å²) in [6.07, 6.45) is -3.90. The molecule has 16 heavy (non-hydrogen) atoms. The van der Waals surface area contributed by atoms with Gasteiger partial charge < -0.3 is 10.1 Å². The van der Waals surface area contributed by atoms with Crippen LogP contribution in [0.5, 0.6) is 5.75 Å². The molecule has 0 amide bonds. The van der Waals surface area contributed by atoms with Gasteiger partial charge in [0.25, 0.3) is 0 Å². The van der Waals surface area contributed by atoms with Crippen molar-refractivity contribution in [2.45, 2.75) is 32.3 Å². The van der Waals surface area contributed by atoms with Gasteiger partial charge in [-0.05, 0) is 25.0 Å². The Morgan fingerprint density at radius 1 is 1.38 bits per heavy atom. The molecular formula is C11H12F3NO. The SMILES string of the molecule is CC1Cc2cccc(OC(F)(F)F)c2CN1. The zero-order chi connectivity index (χ0) is 11.8.